The summed E-state index contributed by atoms with van der Waals surface area (Å²) in [4.78, 5) is 40.1. The molecule has 0 aromatic heterocycles. The van der Waals surface area contributed by atoms with E-state index in [9.17, 15) is 43.2 Å². The highest BCUT2D eigenvalue weighted by atomic mass is 32.2. The van der Waals surface area contributed by atoms with Gasteiger partial charge in [0.25, 0.3) is 5.91 Å². The summed E-state index contributed by atoms with van der Waals surface area (Å²) in [5, 5.41) is 43.8. The third-order valence-electron chi connectivity index (χ3n) is 6.90. The molecule has 1 amide bonds. The highest BCUT2D eigenvalue weighted by Crippen LogP contribution is 2.53. The van der Waals surface area contributed by atoms with Gasteiger partial charge in [0.05, 0.1) is 23.5 Å². The van der Waals surface area contributed by atoms with E-state index in [2.05, 4.69) is 4.72 Å². The van der Waals surface area contributed by atoms with Crippen molar-refractivity contribution in [2.75, 3.05) is 25.1 Å². The van der Waals surface area contributed by atoms with Crippen LogP contribution in [0.4, 0.5) is 5.69 Å². The number of rotatable bonds is 4. The number of phenolic OH excluding ortho intramolecular Hbond substituents is 1. The van der Waals surface area contributed by atoms with E-state index >= 15 is 0 Å². The van der Waals surface area contributed by atoms with Gasteiger partial charge in [-0.25, -0.2) is 8.42 Å². The van der Waals surface area contributed by atoms with E-state index in [1.807, 2.05) is 0 Å². The Bertz CT molecular complexity index is 1360. The van der Waals surface area contributed by atoms with Crippen LogP contribution in [0.2, 0.25) is 0 Å². The number of ketones is 2. The van der Waals surface area contributed by atoms with Crippen LogP contribution < -0.4 is 10.5 Å². The molecule has 0 spiro atoms. The molecule has 0 heterocycles. The second-order valence-electron chi connectivity index (χ2n) is 9.32. The molecule has 13 heteroatoms. The lowest BCUT2D eigenvalue weighted by Gasteiger charge is -2.50. The Balaban J connectivity index is 1.97. The van der Waals surface area contributed by atoms with Crippen LogP contribution in [0.1, 0.15) is 17.5 Å². The number of aliphatic hydroxyl groups excluding tert-OH is 2. The number of nitrogens with two attached hydrogens (primary N) is 1. The molecule has 1 fully saturated rings. The van der Waals surface area contributed by atoms with Gasteiger partial charge in [-0.15, -0.1) is 0 Å². The van der Waals surface area contributed by atoms with Crippen molar-refractivity contribution in [3.63, 3.8) is 0 Å². The van der Waals surface area contributed by atoms with Gasteiger partial charge in [0.1, 0.15) is 22.8 Å². The standard InChI is InChI=1S/C22H25N3O9S/c1-25(2)16-10-7-8-6-9-11(24-35(3,33)34)4-5-12(26)14(9)17(27)13(8)19(29)22(10,32)20(30)15(18(16)28)21(23)31/h4-5,8,10,16,24,26-27,30,32H,6-7H2,1-3H3,(H2,23,31). The zero-order valence-electron chi connectivity index (χ0n) is 19.1. The third-order valence-corrected chi connectivity index (χ3v) is 7.49. The number of benzene rings is 1. The van der Waals surface area contributed by atoms with Gasteiger partial charge < -0.3 is 26.2 Å². The highest BCUT2D eigenvalue weighted by Gasteiger charge is 2.64. The number of nitrogens with zero attached hydrogens (tertiary/aromatic N) is 1. The Hall–Kier alpha value is -3.42. The number of phenols is 1. The lowest BCUT2D eigenvalue weighted by molar-refractivity contribution is -0.153. The molecule has 1 saturated carbocycles. The van der Waals surface area contributed by atoms with Gasteiger partial charge in [-0.1, -0.05) is 0 Å². The van der Waals surface area contributed by atoms with Crippen molar-refractivity contribution in [1.29, 1.82) is 0 Å². The van der Waals surface area contributed by atoms with Crippen LogP contribution in [0.5, 0.6) is 5.75 Å². The van der Waals surface area contributed by atoms with E-state index in [-0.39, 0.29) is 35.2 Å². The summed E-state index contributed by atoms with van der Waals surface area (Å²) >= 11 is 0. The van der Waals surface area contributed by atoms with Crippen LogP contribution in [-0.4, -0.2) is 83.2 Å². The number of primary amides is 1. The van der Waals surface area contributed by atoms with Crippen molar-refractivity contribution in [3.05, 3.63) is 40.2 Å². The maximum Gasteiger partial charge on any atom is 0.255 e. The van der Waals surface area contributed by atoms with Crippen LogP contribution in [0.3, 0.4) is 0 Å². The second-order valence-corrected chi connectivity index (χ2v) is 11.1. The first-order chi connectivity index (χ1) is 16.1. The molecule has 3 aliphatic rings. The average molecular weight is 508 g/mol. The number of hydrogen-bond donors (Lipinski definition) is 6. The predicted octanol–water partition coefficient (Wildman–Crippen LogP) is -0.664. The van der Waals surface area contributed by atoms with Crippen LogP contribution in [0.15, 0.2) is 29.0 Å². The average Bonchev–Trinajstić information content (AvgIpc) is 2.71. The number of sulfonamides is 1. The van der Waals surface area contributed by atoms with E-state index in [0.717, 1.165) is 12.3 Å². The van der Waals surface area contributed by atoms with E-state index in [1.165, 1.54) is 25.1 Å². The first kappa shape index (κ1) is 24.7. The number of carbonyl (C=O) groups excluding carboxylic acids is 3. The molecule has 0 aliphatic heterocycles. The van der Waals surface area contributed by atoms with Gasteiger partial charge in [0.2, 0.25) is 15.8 Å². The fourth-order valence-electron chi connectivity index (χ4n) is 5.54. The molecule has 1 aromatic rings. The molecule has 4 rings (SSSR count). The molecule has 0 bridgehead atoms. The normalized spacial score (nSPS) is 28.5. The molecule has 7 N–H and O–H groups in total. The minimum atomic E-state index is -3.73. The maximum absolute atomic E-state index is 13.7. The van der Waals surface area contributed by atoms with Crippen molar-refractivity contribution in [2.24, 2.45) is 17.6 Å². The lowest BCUT2D eigenvalue weighted by Crippen LogP contribution is -2.65. The van der Waals surface area contributed by atoms with Crippen LogP contribution in [0.25, 0.3) is 5.76 Å². The summed E-state index contributed by atoms with van der Waals surface area (Å²) in [5.74, 6) is -7.65. The number of amides is 1. The maximum atomic E-state index is 13.7. The second kappa shape index (κ2) is 7.80. The summed E-state index contributed by atoms with van der Waals surface area (Å²) in [7, 11) is -0.730. The first-order valence-corrected chi connectivity index (χ1v) is 12.5. The van der Waals surface area contributed by atoms with Crippen molar-refractivity contribution in [1.82, 2.24) is 4.90 Å². The van der Waals surface area contributed by atoms with Crippen molar-refractivity contribution >= 4 is 38.9 Å². The molecule has 4 unspecified atom stereocenters. The summed E-state index contributed by atoms with van der Waals surface area (Å²) in [6, 6.07) is 1.25. The molecule has 3 aliphatic carbocycles. The SMILES string of the molecule is CN(C)C1C(=O)C(C(N)=O)=C(O)C2(O)C(=O)C3=C(O)c4c(O)ccc(NS(C)(=O)=O)c4CC3CC12. The van der Waals surface area contributed by atoms with E-state index < -0.39 is 73.8 Å². The number of aliphatic hydroxyl groups is 3. The number of aromatic hydroxyl groups is 1. The molecule has 12 nitrogen and oxygen atoms in total. The Morgan fingerprint density at radius 3 is 2.37 bits per heavy atom. The smallest absolute Gasteiger partial charge is 0.255 e. The van der Waals surface area contributed by atoms with E-state index in [1.54, 1.807) is 0 Å². The fraction of sp³-hybridized carbons (Fsp3) is 0.409. The zero-order chi connectivity index (χ0) is 26.2. The highest BCUT2D eigenvalue weighted by molar-refractivity contribution is 7.92. The molecule has 188 valence electrons. The van der Waals surface area contributed by atoms with Crippen LogP contribution in [-0.2, 0) is 30.8 Å². The van der Waals surface area contributed by atoms with Crippen molar-refractivity contribution < 1.29 is 43.2 Å². The Kier molecular flexibility index (Phi) is 5.50. The summed E-state index contributed by atoms with van der Waals surface area (Å²) in [6.45, 7) is 0. The first-order valence-electron chi connectivity index (χ1n) is 10.6. The summed E-state index contributed by atoms with van der Waals surface area (Å²) in [6.07, 6.45) is 0.807. The van der Waals surface area contributed by atoms with Gasteiger partial charge in [0, 0.05) is 11.5 Å². The van der Waals surface area contributed by atoms with E-state index in [4.69, 9.17) is 5.73 Å². The fourth-order valence-corrected chi connectivity index (χ4v) is 6.13. The van der Waals surface area contributed by atoms with Crippen LogP contribution in [0, 0.1) is 11.8 Å². The third kappa shape index (κ3) is 3.49. The number of anilines is 1. The van der Waals surface area contributed by atoms with Gasteiger partial charge in [0.15, 0.2) is 11.4 Å². The molecule has 0 radical (unpaired) electrons. The minimum Gasteiger partial charge on any atom is -0.508 e. The van der Waals surface area contributed by atoms with Crippen LogP contribution >= 0.6 is 0 Å². The largest absolute Gasteiger partial charge is 0.508 e. The number of fused-ring (bicyclic) bond motifs is 3. The van der Waals surface area contributed by atoms with Gasteiger partial charge in [-0.2, -0.15) is 0 Å². The molecular weight excluding hydrogens is 482 g/mol. The molecule has 1 aromatic carbocycles. The molecule has 35 heavy (non-hydrogen) atoms. The van der Waals surface area contributed by atoms with Gasteiger partial charge >= 0.3 is 0 Å². The lowest BCUT2D eigenvalue weighted by atomic mass is 9.57. The van der Waals surface area contributed by atoms with Gasteiger partial charge in [-0.3, -0.25) is 24.0 Å². The number of hydrogen-bond acceptors (Lipinski definition) is 10. The molecule has 4 atom stereocenters. The van der Waals surface area contributed by atoms with Crippen molar-refractivity contribution in [3.8, 4) is 5.75 Å². The molecular formula is C22H25N3O9S. The topological polar surface area (TPSA) is 208 Å². The number of carbonyl (C=O) groups is 3. The molecule has 0 saturated heterocycles. The van der Waals surface area contributed by atoms with Crippen molar-refractivity contribution in [2.45, 2.75) is 24.5 Å². The van der Waals surface area contributed by atoms with Gasteiger partial charge in [-0.05, 0) is 50.6 Å². The summed E-state index contributed by atoms with van der Waals surface area (Å²) < 4.78 is 26.0. The Morgan fingerprint density at radius 1 is 1.20 bits per heavy atom. The Labute approximate surface area is 200 Å². The monoisotopic (exact) mass is 507 g/mol. The zero-order valence-corrected chi connectivity index (χ0v) is 19.9. The van der Waals surface area contributed by atoms with E-state index in [0.29, 0.717) is 0 Å². The number of Topliss-reactive ketones (excluding diaryl/α,β-unsaturated/α-hetero) is 2. The quantitative estimate of drug-likeness (QED) is 0.224. The number of likely N-dealkylation sites (N-methyl/N-ethyl adjacent to an activating group) is 1. The minimum absolute atomic E-state index is 0.0270. The number of nitrogens with one attached hydrogen (secondary N) is 1. The Morgan fingerprint density at radius 2 is 1.83 bits per heavy atom. The summed E-state index contributed by atoms with van der Waals surface area (Å²) in [5.41, 5.74) is 1.44. The predicted molar refractivity (Wildman–Crippen MR) is 123 cm³/mol.